The van der Waals surface area contributed by atoms with Gasteiger partial charge >= 0.3 is 0 Å². The van der Waals surface area contributed by atoms with Crippen LogP contribution in [0.2, 0.25) is 0 Å². The molecule has 2 aliphatic rings. The average molecular weight is 109 g/mol. The SMILES string of the molecule is C1#[N+]CC2NCC2C1. The Morgan fingerprint density at radius 3 is 3.00 bits per heavy atom. The molecule has 2 heterocycles. The summed E-state index contributed by atoms with van der Waals surface area (Å²) in [7, 11) is 0. The average Bonchev–Trinajstić information content (AvgIpc) is 1.72. The van der Waals surface area contributed by atoms with Gasteiger partial charge in [0.05, 0.1) is 12.5 Å². The molecule has 1 N–H and O–H groups in total. The van der Waals surface area contributed by atoms with Crippen molar-refractivity contribution in [2.24, 2.45) is 5.92 Å². The van der Waals surface area contributed by atoms with E-state index in [4.69, 9.17) is 0 Å². The predicted octanol–water partition coefficient (Wildman–Crippen LogP) is 0.311. The van der Waals surface area contributed by atoms with E-state index in [2.05, 4.69) is 16.2 Å². The van der Waals surface area contributed by atoms with Crippen LogP contribution in [0.4, 0.5) is 0 Å². The molecule has 0 saturated carbocycles. The van der Waals surface area contributed by atoms with Crippen molar-refractivity contribution in [3.63, 3.8) is 0 Å². The minimum absolute atomic E-state index is 0.705. The number of nitrogens with zero attached hydrogens (tertiary/aromatic N) is 1. The Morgan fingerprint density at radius 2 is 2.62 bits per heavy atom. The summed E-state index contributed by atoms with van der Waals surface area (Å²) in [5, 5.41) is 3.31. The molecule has 1 saturated heterocycles. The molecule has 8 heavy (non-hydrogen) atoms. The van der Waals surface area contributed by atoms with E-state index in [1.54, 1.807) is 0 Å². The molecule has 0 amide bonds. The van der Waals surface area contributed by atoms with Crippen LogP contribution >= 0.6 is 0 Å². The van der Waals surface area contributed by atoms with Crippen molar-refractivity contribution in [3.8, 4) is 6.07 Å². The molecule has 2 aliphatic heterocycles. The third-order valence-electron chi connectivity index (χ3n) is 1.96. The number of rotatable bonds is 0. The predicted molar refractivity (Wildman–Crippen MR) is 32.0 cm³/mol. The Labute approximate surface area is 48.7 Å². The van der Waals surface area contributed by atoms with Gasteiger partial charge in [-0.1, -0.05) is 4.85 Å². The van der Waals surface area contributed by atoms with Crippen molar-refractivity contribution in [2.75, 3.05) is 13.1 Å². The maximum Gasteiger partial charge on any atom is 0.278 e. The van der Waals surface area contributed by atoms with E-state index in [9.17, 15) is 0 Å². The van der Waals surface area contributed by atoms with Gasteiger partial charge in [-0.25, -0.2) is 0 Å². The number of nitrogens with one attached hydrogen (secondary N) is 1. The van der Waals surface area contributed by atoms with Crippen LogP contribution in [0.25, 0.3) is 4.85 Å². The highest BCUT2D eigenvalue weighted by Gasteiger charge is 2.36. The molecule has 0 bridgehead atoms. The molecule has 0 aromatic carbocycles. The highest BCUT2D eigenvalue weighted by Crippen LogP contribution is 2.19. The minimum Gasteiger partial charge on any atom is -0.307 e. The number of hydrogen-bond acceptors (Lipinski definition) is 1. The summed E-state index contributed by atoms with van der Waals surface area (Å²) in [4.78, 5) is 4.05. The summed E-state index contributed by atoms with van der Waals surface area (Å²) in [5.74, 6) is 0.868. The molecule has 2 heteroatoms. The van der Waals surface area contributed by atoms with Gasteiger partial charge in [0.25, 0.3) is 12.6 Å². The highest BCUT2D eigenvalue weighted by atomic mass is 15.0. The van der Waals surface area contributed by atoms with Crippen LogP contribution in [0.3, 0.4) is 0 Å². The maximum atomic E-state index is 4.05. The van der Waals surface area contributed by atoms with E-state index in [0.717, 1.165) is 18.9 Å². The zero-order chi connectivity index (χ0) is 5.40. The molecule has 0 radical (unpaired) electrons. The fraction of sp³-hybridized carbons (Fsp3) is 0.833. The van der Waals surface area contributed by atoms with E-state index >= 15 is 0 Å². The van der Waals surface area contributed by atoms with Crippen molar-refractivity contribution in [2.45, 2.75) is 12.5 Å². The highest BCUT2D eigenvalue weighted by molar-refractivity contribution is 5.06. The van der Waals surface area contributed by atoms with Crippen LogP contribution in [0.5, 0.6) is 0 Å². The summed E-state index contributed by atoms with van der Waals surface area (Å²) in [6, 6.07) is 3.71. The second-order valence-corrected chi connectivity index (χ2v) is 2.48. The zero-order valence-electron chi connectivity index (χ0n) is 4.72. The molecule has 2 rings (SSSR count). The second-order valence-electron chi connectivity index (χ2n) is 2.48. The lowest BCUT2D eigenvalue weighted by Gasteiger charge is -2.32. The first-order valence-corrected chi connectivity index (χ1v) is 3.09. The third-order valence-corrected chi connectivity index (χ3v) is 1.96. The fourth-order valence-electron chi connectivity index (χ4n) is 1.22. The van der Waals surface area contributed by atoms with Gasteiger partial charge < -0.3 is 5.32 Å². The van der Waals surface area contributed by atoms with Crippen LogP contribution in [0.15, 0.2) is 0 Å². The largest absolute Gasteiger partial charge is 0.307 e. The Hall–Kier alpha value is -0.550. The molecule has 0 aromatic heterocycles. The molecule has 0 aromatic rings. The standard InChI is InChI=1S/C6H9N2/c1-2-7-4-6-5(1)3-8-6/h5-6,8H,1,3-4H2/q+1. The lowest BCUT2D eigenvalue weighted by molar-refractivity contribution is 0.246. The van der Waals surface area contributed by atoms with Gasteiger partial charge in [0.15, 0.2) is 0 Å². The first-order chi connectivity index (χ1) is 3.97. The lowest BCUT2D eigenvalue weighted by Crippen LogP contribution is -2.55. The summed E-state index contributed by atoms with van der Waals surface area (Å²) < 4.78 is 0. The molecular weight excluding hydrogens is 100 g/mol. The summed E-state index contributed by atoms with van der Waals surface area (Å²) >= 11 is 0. The number of hydrogen-bond donors (Lipinski definition) is 1. The normalized spacial score (nSPS) is 41.0. The van der Waals surface area contributed by atoms with Crippen LogP contribution in [0.1, 0.15) is 6.42 Å². The lowest BCUT2D eigenvalue weighted by atomic mass is 9.88. The molecule has 1 fully saturated rings. The van der Waals surface area contributed by atoms with Crippen molar-refractivity contribution in [3.05, 3.63) is 4.85 Å². The first kappa shape index (κ1) is 4.34. The monoisotopic (exact) mass is 109 g/mol. The van der Waals surface area contributed by atoms with Gasteiger partial charge in [-0.2, -0.15) is 0 Å². The Kier molecular flexibility index (Phi) is 0.793. The van der Waals surface area contributed by atoms with E-state index in [1.165, 1.54) is 6.54 Å². The quantitative estimate of drug-likeness (QED) is 0.473. The second kappa shape index (κ2) is 1.46. The summed E-state index contributed by atoms with van der Waals surface area (Å²) in [5.41, 5.74) is 0. The molecule has 2 atom stereocenters. The molecule has 42 valence electrons. The van der Waals surface area contributed by atoms with Gasteiger partial charge in [-0.3, -0.25) is 0 Å². The Morgan fingerprint density at radius 1 is 1.62 bits per heavy atom. The van der Waals surface area contributed by atoms with Crippen LogP contribution in [-0.2, 0) is 0 Å². The maximum absolute atomic E-state index is 4.05. The molecule has 2 unspecified atom stereocenters. The van der Waals surface area contributed by atoms with E-state index in [1.807, 2.05) is 0 Å². The first-order valence-electron chi connectivity index (χ1n) is 3.09. The summed E-state index contributed by atoms with van der Waals surface area (Å²) in [6.07, 6.45) is 1.08. The van der Waals surface area contributed by atoms with Gasteiger partial charge in [-0.05, 0) is 0 Å². The minimum atomic E-state index is 0.705. The van der Waals surface area contributed by atoms with Crippen LogP contribution < -0.4 is 5.32 Å². The van der Waals surface area contributed by atoms with E-state index in [-0.39, 0.29) is 0 Å². The number of fused-ring (bicyclic) bond motifs is 1. The smallest absolute Gasteiger partial charge is 0.278 e. The van der Waals surface area contributed by atoms with Crippen LogP contribution in [-0.4, -0.2) is 19.1 Å². The van der Waals surface area contributed by atoms with Crippen LogP contribution in [0, 0.1) is 12.0 Å². The molecular formula is C6H9N2+. The van der Waals surface area contributed by atoms with Crippen molar-refractivity contribution >= 4 is 0 Å². The van der Waals surface area contributed by atoms with Gasteiger partial charge in [0, 0.05) is 12.5 Å². The van der Waals surface area contributed by atoms with Gasteiger partial charge in [0.1, 0.15) is 0 Å². The fourth-order valence-corrected chi connectivity index (χ4v) is 1.22. The van der Waals surface area contributed by atoms with E-state index < -0.39 is 0 Å². The van der Waals surface area contributed by atoms with Crippen molar-refractivity contribution in [1.82, 2.24) is 5.32 Å². The molecule has 0 spiro atoms. The van der Waals surface area contributed by atoms with Crippen molar-refractivity contribution in [1.29, 1.82) is 0 Å². The Bertz CT molecular complexity index is 138. The third kappa shape index (κ3) is 0.452. The zero-order valence-corrected chi connectivity index (χ0v) is 4.72. The molecule has 2 nitrogen and oxygen atoms in total. The van der Waals surface area contributed by atoms with Crippen molar-refractivity contribution < 1.29 is 0 Å². The van der Waals surface area contributed by atoms with Gasteiger partial charge in [0.2, 0.25) is 0 Å². The van der Waals surface area contributed by atoms with Gasteiger partial charge in [-0.15, -0.1) is 0 Å². The molecule has 0 aliphatic carbocycles. The van der Waals surface area contributed by atoms with E-state index in [0.29, 0.717) is 6.04 Å². The Balaban J connectivity index is 2.10. The summed E-state index contributed by atoms with van der Waals surface area (Å²) in [6.45, 7) is 2.15. The topological polar surface area (TPSA) is 16.4 Å².